The topological polar surface area (TPSA) is 93.3 Å². The summed E-state index contributed by atoms with van der Waals surface area (Å²) in [5.41, 5.74) is 3.70. The first-order chi connectivity index (χ1) is 16.3. The zero-order valence-electron chi connectivity index (χ0n) is 17.6. The Labute approximate surface area is 187 Å². The van der Waals surface area contributed by atoms with Gasteiger partial charge in [0.15, 0.2) is 22.8 Å². The Morgan fingerprint density at radius 2 is 1.85 bits per heavy atom. The van der Waals surface area contributed by atoms with Crippen LogP contribution in [0.4, 0.5) is 0 Å². The fraction of sp³-hybridized carbons (Fsp3) is 0.250. The van der Waals surface area contributed by atoms with Crippen molar-refractivity contribution in [2.45, 2.75) is 25.5 Å². The molecule has 9 heteroatoms. The van der Waals surface area contributed by atoms with Gasteiger partial charge in [0, 0.05) is 12.7 Å². The number of hydrogen-bond donors (Lipinski definition) is 0. The Morgan fingerprint density at radius 1 is 1.00 bits per heavy atom. The van der Waals surface area contributed by atoms with E-state index in [-0.39, 0.29) is 18.5 Å². The van der Waals surface area contributed by atoms with E-state index in [4.69, 9.17) is 29.2 Å². The molecule has 0 spiro atoms. The first-order valence-corrected chi connectivity index (χ1v) is 10.9. The Balaban J connectivity index is 1.54. The second kappa shape index (κ2) is 7.01. The molecule has 1 fully saturated rings. The summed E-state index contributed by atoms with van der Waals surface area (Å²) in [4.78, 5) is 28.0. The second-order valence-corrected chi connectivity index (χ2v) is 8.29. The van der Waals surface area contributed by atoms with Crippen LogP contribution in [0.15, 0.2) is 53.6 Å². The molecule has 7 rings (SSSR count). The van der Waals surface area contributed by atoms with Gasteiger partial charge in [0.1, 0.15) is 17.2 Å². The molecule has 2 aromatic carbocycles. The molecule has 0 aliphatic carbocycles. The molecule has 0 bridgehead atoms. The molecule has 0 amide bonds. The molecule has 0 saturated carbocycles. The van der Waals surface area contributed by atoms with Gasteiger partial charge in [0.05, 0.1) is 29.4 Å². The first kappa shape index (κ1) is 18.6. The van der Waals surface area contributed by atoms with Gasteiger partial charge in [-0.15, -0.1) is 0 Å². The molecule has 33 heavy (non-hydrogen) atoms. The molecular formula is C24H19N5O4. The van der Waals surface area contributed by atoms with E-state index < -0.39 is 0 Å². The van der Waals surface area contributed by atoms with Gasteiger partial charge in [0.25, 0.3) is 5.56 Å². The van der Waals surface area contributed by atoms with Crippen LogP contribution < -0.4 is 15.0 Å². The van der Waals surface area contributed by atoms with Gasteiger partial charge in [0.2, 0.25) is 6.79 Å². The summed E-state index contributed by atoms with van der Waals surface area (Å²) in [7, 11) is 0. The van der Waals surface area contributed by atoms with E-state index in [0.717, 1.165) is 36.2 Å². The van der Waals surface area contributed by atoms with Crippen molar-refractivity contribution in [1.82, 2.24) is 24.1 Å². The minimum atomic E-state index is -0.149. The quantitative estimate of drug-likeness (QED) is 0.424. The van der Waals surface area contributed by atoms with Gasteiger partial charge in [-0.25, -0.2) is 15.0 Å². The highest BCUT2D eigenvalue weighted by Gasteiger charge is 2.24. The average molecular weight is 441 g/mol. The highest BCUT2D eigenvalue weighted by molar-refractivity contribution is 6.05. The molecule has 0 N–H and O–H groups in total. The molecule has 1 atom stereocenters. The maximum atomic E-state index is 13.6. The largest absolute Gasteiger partial charge is 0.454 e. The van der Waals surface area contributed by atoms with Gasteiger partial charge in [-0.05, 0) is 37.1 Å². The van der Waals surface area contributed by atoms with Gasteiger partial charge in [-0.1, -0.05) is 12.1 Å². The summed E-state index contributed by atoms with van der Waals surface area (Å²) in [6.07, 6.45) is 3.56. The summed E-state index contributed by atoms with van der Waals surface area (Å²) < 4.78 is 20.3. The van der Waals surface area contributed by atoms with Crippen LogP contribution in [0.25, 0.3) is 38.9 Å². The number of fused-ring (bicyclic) bond motifs is 5. The fourth-order valence-corrected chi connectivity index (χ4v) is 4.68. The predicted molar refractivity (Wildman–Crippen MR) is 121 cm³/mol. The lowest BCUT2D eigenvalue weighted by atomic mass is 10.2. The van der Waals surface area contributed by atoms with Gasteiger partial charge >= 0.3 is 0 Å². The normalized spacial score (nSPS) is 17.5. The molecule has 2 aliphatic rings. The van der Waals surface area contributed by atoms with E-state index in [1.807, 2.05) is 47.0 Å². The monoisotopic (exact) mass is 441 g/mol. The SMILES string of the molecule is O=c1c2c3nc4ccccc4nc3n(-c3ccc4c(c3)OCO4)c2ncn1C[C@@H]1CCCO1. The molecule has 2 aliphatic heterocycles. The third-order valence-corrected chi connectivity index (χ3v) is 6.27. The highest BCUT2D eigenvalue weighted by atomic mass is 16.7. The van der Waals surface area contributed by atoms with E-state index in [1.165, 1.54) is 0 Å². The highest BCUT2D eigenvalue weighted by Crippen LogP contribution is 2.36. The van der Waals surface area contributed by atoms with Crippen LogP contribution in [0.5, 0.6) is 11.5 Å². The van der Waals surface area contributed by atoms with Crippen molar-refractivity contribution < 1.29 is 14.2 Å². The number of aromatic nitrogens is 5. The van der Waals surface area contributed by atoms with E-state index in [9.17, 15) is 4.79 Å². The first-order valence-electron chi connectivity index (χ1n) is 10.9. The Morgan fingerprint density at radius 3 is 2.70 bits per heavy atom. The minimum absolute atomic E-state index is 0.0241. The van der Waals surface area contributed by atoms with Crippen molar-refractivity contribution >= 4 is 33.2 Å². The van der Waals surface area contributed by atoms with Crippen molar-refractivity contribution in [2.75, 3.05) is 13.4 Å². The van der Waals surface area contributed by atoms with E-state index >= 15 is 0 Å². The van der Waals surface area contributed by atoms with Crippen LogP contribution in [0.2, 0.25) is 0 Å². The maximum Gasteiger partial charge on any atom is 0.265 e. The minimum Gasteiger partial charge on any atom is -0.454 e. The Bertz CT molecular complexity index is 1620. The summed E-state index contributed by atoms with van der Waals surface area (Å²) in [6, 6.07) is 13.3. The smallest absolute Gasteiger partial charge is 0.265 e. The number of hydrogen-bond acceptors (Lipinski definition) is 7. The van der Waals surface area contributed by atoms with Crippen molar-refractivity contribution in [3.63, 3.8) is 0 Å². The zero-order valence-corrected chi connectivity index (χ0v) is 17.6. The van der Waals surface area contributed by atoms with E-state index in [0.29, 0.717) is 40.2 Å². The predicted octanol–water partition coefficient (Wildman–Crippen LogP) is 3.19. The molecule has 0 radical (unpaired) electrons. The van der Waals surface area contributed by atoms with E-state index in [1.54, 1.807) is 10.9 Å². The summed E-state index contributed by atoms with van der Waals surface area (Å²) in [6.45, 7) is 1.39. The van der Waals surface area contributed by atoms with Crippen LogP contribution in [0.1, 0.15) is 12.8 Å². The standard InChI is InChI=1S/C24H19N5O4/c30-24-20-21-23(27-17-6-2-1-5-16(17)26-21)29(14-7-8-18-19(10-14)33-13-32-18)22(20)25-12-28(24)11-15-4-3-9-31-15/h1-2,5-8,10,12,15H,3-4,9,11,13H2/t15-/m0/s1. The number of benzene rings is 2. The third-order valence-electron chi connectivity index (χ3n) is 6.27. The van der Waals surface area contributed by atoms with Crippen molar-refractivity contribution in [2.24, 2.45) is 0 Å². The lowest BCUT2D eigenvalue weighted by Crippen LogP contribution is -2.26. The van der Waals surface area contributed by atoms with Crippen LogP contribution >= 0.6 is 0 Å². The Kier molecular flexibility index (Phi) is 3.95. The van der Waals surface area contributed by atoms with Gasteiger partial charge < -0.3 is 14.2 Å². The van der Waals surface area contributed by atoms with E-state index in [2.05, 4.69) is 0 Å². The fourth-order valence-electron chi connectivity index (χ4n) is 4.68. The molecule has 9 nitrogen and oxygen atoms in total. The van der Waals surface area contributed by atoms with Gasteiger partial charge in [-0.3, -0.25) is 13.9 Å². The van der Waals surface area contributed by atoms with Gasteiger partial charge in [-0.2, -0.15) is 0 Å². The van der Waals surface area contributed by atoms with Crippen molar-refractivity contribution in [1.29, 1.82) is 0 Å². The number of rotatable bonds is 3. The van der Waals surface area contributed by atoms with Crippen LogP contribution in [0, 0.1) is 0 Å². The lowest BCUT2D eigenvalue weighted by Gasteiger charge is -2.11. The number of nitrogens with zero attached hydrogens (tertiary/aromatic N) is 5. The maximum absolute atomic E-state index is 13.6. The summed E-state index contributed by atoms with van der Waals surface area (Å²) >= 11 is 0. The van der Waals surface area contributed by atoms with Crippen LogP contribution in [-0.2, 0) is 11.3 Å². The third kappa shape index (κ3) is 2.82. The second-order valence-electron chi connectivity index (χ2n) is 8.29. The molecule has 0 unspecified atom stereocenters. The molecule has 5 aromatic rings. The van der Waals surface area contributed by atoms with Crippen LogP contribution in [0.3, 0.4) is 0 Å². The molecule has 164 valence electrons. The zero-order chi connectivity index (χ0) is 21.9. The average Bonchev–Trinajstić information content (AvgIpc) is 3.58. The molecule has 1 saturated heterocycles. The molecule has 5 heterocycles. The molecular weight excluding hydrogens is 422 g/mol. The molecule has 3 aromatic heterocycles. The summed E-state index contributed by atoms with van der Waals surface area (Å²) in [5.74, 6) is 1.32. The number of para-hydroxylation sites is 2. The van der Waals surface area contributed by atoms with Crippen molar-refractivity contribution in [3.05, 3.63) is 59.1 Å². The summed E-state index contributed by atoms with van der Waals surface area (Å²) in [5, 5.41) is 0.446. The van der Waals surface area contributed by atoms with Crippen LogP contribution in [-0.4, -0.2) is 43.6 Å². The lowest BCUT2D eigenvalue weighted by molar-refractivity contribution is 0.0960. The van der Waals surface area contributed by atoms with Crippen molar-refractivity contribution in [3.8, 4) is 17.2 Å². The Hall–Kier alpha value is -3.98. The number of ether oxygens (including phenoxy) is 3.